The van der Waals surface area contributed by atoms with Crippen LogP contribution in [0.25, 0.3) is 17.0 Å². The maximum atomic E-state index is 13.0. The Balaban J connectivity index is 1.67. The molecule has 0 radical (unpaired) electrons. The Labute approximate surface area is 146 Å². The Morgan fingerprint density at radius 3 is 2.81 bits per heavy atom. The third-order valence-electron chi connectivity index (χ3n) is 3.86. The number of H-pyrrole nitrogens is 1. The van der Waals surface area contributed by atoms with Gasteiger partial charge in [-0.1, -0.05) is 0 Å². The SMILES string of the molecule is C[C@H](Nc1ccc2ncc(-c3cc(=O)[nH]cn3)n2n1)c1ccc(F)cn1. The normalized spacial score (nSPS) is 12.2. The van der Waals surface area contributed by atoms with E-state index in [1.807, 2.05) is 6.92 Å². The Hall–Kier alpha value is -3.62. The molecule has 1 atom stereocenters. The topological polar surface area (TPSA) is 101 Å². The molecular formula is C17H14FN7O. The summed E-state index contributed by atoms with van der Waals surface area (Å²) in [6.07, 6.45) is 4.12. The average Bonchev–Trinajstić information content (AvgIpc) is 3.05. The lowest BCUT2D eigenvalue weighted by molar-refractivity contribution is 0.617. The third kappa shape index (κ3) is 3.02. The van der Waals surface area contributed by atoms with Gasteiger partial charge in [-0.15, -0.1) is 5.10 Å². The largest absolute Gasteiger partial charge is 0.361 e. The van der Waals surface area contributed by atoms with Gasteiger partial charge in [0.25, 0.3) is 5.56 Å². The van der Waals surface area contributed by atoms with Gasteiger partial charge in [0, 0.05) is 6.07 Å². The first kappa shape index (κ1) is 15.9. The molecule has 4 aromatic rings. The van der Waals surface area contributed by atoms with Crippen molar-refractivity contribution in [2.75, 3.05) is 5.32 Å². The minimum Gasteiger partial charge on any atom is -0.361 e. The highest BCUT2D eigenvalue weighted by Gasteiger charge is 2.12. The van der Waals surface area contributed by atoms with Crippen LogP contribution >= 0.6 is 0 Å². The highest BCUT2D eigenvalue weighted by molar-refractivity contribution is 5.59. The van der Waals surface area contributed by atoms with Crippen LogP contribution in [0.3, 0.4) is 0 Å². The summed E-state index contributed by atoms with van der Waals surface area (Å²) < 4.78 is 14.6. The number of imidazole rings is 1. The lowest BCUT2D eigenvalue weighted by Crippen LogP contribution is -2.11. The van der Waals surface area contributed by atoms with Crippen LogP contribution in [0.15, 0.2) is 53.8 Å². The van der Waals surface area contributed by atoms with E-state index in [1.165, 1.54) is 24.7 Å². The van der Waals surface area contributed by atoms with E-state index in [0.29, 0.717) is 28.5 Å². The molecular weight excluding hydrogens is 337 g/mol. The molecule has 0 aliphatic rings. The quantitative estimate of drug-likeness (QED) is 0.584. The summed E-state index contributed by atoms with van der Waals surface area (Å²) in [5.74, 6) is 0.203. The fourth-order valence-electron chi connectivity index (χ4n) is 2.57. The van der Waals surface area contributed by atoms with Gasteiger partial charge in [0.1, 0.15) is 17.3 Å². The van der Waals surface area contributed by atoms with Crippen molar-refractivity contribution in [1.82, 2.24) is 29.5 Å². The Kier molecular flexibility index (Phi) is 3.88. The Bertz CT molecular complexity index is 1120. The van der Waals surface area contributed by atoms with Crippen molar-refractivity contribution in [3.63, 3.8) is 0 Å². The molecule has 0 spiro atoms. The summed E-state index contributed by atoms with van der Waals surface area (Å²) in [6.45, 7) is 1.90. The second-order valence-corrected chi connectivity index (χ2v) is 5.70. The zero-order valence-corrected chi connectivity index (χ0v) is 13.7. The molecule has 9 heteroatoms. The second kappa shape index (κ2) is 6.36. The van der Waals surface area contributed by atoms with Gasteiger partial charge in [0.15, 0.2) is 5.65 Å². The monoisotopic (exact) mass is 351 g/mol. The van der Waals surface area contributed by atoms with Crippen LogP contribution in [0.2, 0.25) is 0 Å². The van der Waals surface area contributed by atoms with Gasteiger partial charge < -0.3 is 10.3 Å². The number of nitrogens with one attached hydrogen (secondary N) is 2. The summed E-state index contributed by atoms with van der Waals surface area (Å²) in [4.78, 5) is 26.5. The van der Waals surface area contributed by atoms with E-state index in [-0.39, 0.29) is 17.4 Å². The fraction of sp³-hybridized carbons (Fsp3) is 0.118. The molecule has 130 valence electrons. The maximum absolute atomic E-state index is 13.0. The highest BCUT2D eigenvalue weighted by atomic mass is 19.1. The molecule has 4 aromatic heterocycles. The van der Waals surface area contributed by atoms with E-state index >= 15 is 0 Å². The molecule has 4 heterocycles. The van der Waals surface area contributed by atoms with Crippen molar-refractivity contribution in [2.24, 2.45) is 0 Å². The second-order valence-electron chi connectivity index (χ2n) is 5.70. The molecule has 0 saturated heterocycles. The number of nitrogens with zero attached hydrogens (tertiary/aromatic N) is 5. The number of hydrogen-bond donors (Lipinski definition) is 2. The molecule has 2 N–H and O–H groups in total. The summed E-state index contributed by atoms with van der Waals surface area (Å²) in [5, 5.41) is 7.73. The van der Waals surface area contributed by atoms with Crippen molar-refractivity contribution in [3.05, 3.63) is 70.9 Å². The van der Waals surface area contributed by atoms with Gasteiger partial charge in [-0.05, 0) is 31.2 Å². The maximum Gasteiger partial charge on any atom is 0.251 e. The van der Waals surface area contributed by atoms with Gasteiger partial charge in [-0.2, -0.15) is 0 Å². The zero-order valence-electron chi connectivity index (χ0n) is 13.7. The summed E-state index contributed by atoms with van der Waals surface area (Å²) >= 11 is 0. The van der Waals surface area contributed by atoms with E-state index in [0.717, 1.165) is 0 Å². The van der Waals surface area contributed by atoms with E-state index in [1.54, 1.807) is 28.9 Å². The van der Waals surface area contributed by atoms with Crippen molar-refractivity contribution in [3.8, 4) is 11.4 Å². The lowest BCUT2D eigenvalue weighted by Gasteiger charge is -2.14. The number of rotatable bonds is 4. The summed E-state index contributed by atoms with van der Waals surface area (Å²) in [7, 11) is 0. The summed E-state index contributed by atoms with van der Waals surface area (Å²) in [6, 6.07) is 7.79. The van der Waals surface area contributed by atoms with E-state index < -0.39 is 0 Å². The zero-order chi connectivity index (χ0) is 18.1. The number of fused-ring (bicyclic) bond motifs is 1. The molecule has 0 amide bonds. The van der Waals surface area contributed by atoms with Crippen LogP contribution in [-0.2, 0) is 0 Å². The first-order valence-electron chi connectivity index (χ1n) is 7.88. The molecule has 4 rings (SSSR count). The van der Waals surface area contributed by atoms with Gasteiger partial charge >= 0.3 is 0 Å². The van der Waals surface area contributed by atoms with Crippen molar-refractivity contribution in [1.29, 1.82) is 0 Å². The smallest absolute Gasteiger partial charge is 0.251 e. The lowest BCUT2D eigenvalue weighted by atomic mass is 10.2. The van der Waals surface area contributed by atoms with Gasteiger partial charge in [0.2, 0.25) is 0 Å². The number of aromatic nitrogens is 6. The van der Waals surface area contributed by atoms with Gasteiger partial charge in [-0.3, -0.25) is 9.78 Å². The third-order valence-corrected chi connectivity index (χ3v) is 3.86. The van der Waals surface area contributed by atoms with Crippen molar-refractivity contribution in [2.45, 2.75) is 13.0 Å². The summed E-state index contributed by atoms with van der Waals surface area (Å²) in [5.41, 5.74) is 2.13. The Morgan fingerprint density at radius 2 is 2.04 bits per heavy atom. The molecule has 0 bridgehead atoms. The highest BCUT2D eigenvalue weighted by Crippen LogP contribution is 2.20. The fourth-order valence-corrected chi connectivity index (χ4v) is 2.57. The van der Waals surface area contributed by atoms with Crippen LogP contribution in [0.4, 0.5) is 10.2 Å². The number of anilines is 1. The molecule has 0 aliphatic heterocycles. The number of aromatic amines is 1. The van der Waals surface area contributed by atoms with Crippen LogP contribution in [-0.4, -0.2) is 29.5 Å². The van der Waals surface area contributed by atoms with E-state index in [9.17, 15) is 9.18 Å². The van der Waals surface area contributed by atoms with Crippen molar-refractivity contribution < 1.29 is 4.39 Å². The van der Waals surface area contributed by atoms with E-state index in [4.69, 9.17) is 0 Å². The standard InChI is InChI=1S/C17H14FN7O/c1-10(12-3-2-11(18)7-19-12)23-15-4-5-16-20-8-14(25(16)24-15)13-6-17(26)22-9-21-13/h2-10H,1H3,(H,23,24)(H,21,22,26)/t10-/m0/s1. The molecule has 0 unspecified atom stereocenters. The van der Waals surface area contributed by atoms with Crippen LogP contribution in [0, 0.1) is 5.82 Å². The van der Waals surface area contributed by atoms with Gasteiger partial charge in [-0.25, -0.2) is 18.9 Å². The molecule has 0 saturated carbocycles. The molecule has 8 nitrogen and oxygen atoms in total. The van der Waals surface area contributed by atoms with Crippen LogP contribution < -0.4 is 10.9 Å². The van der Waals surface area contributed by atoms with E-state index in [2.05, 4.69) is 30.4 Å². The minimum atomic E-state index is -0.381. The number of halogens is 1. The Morgan fingerprint density at radius 1 is 1.15 bits per heavy atom. The minimum absolute atomic E-state index is 0.176. The predicted octanol–water partition coefficient (Wildman–Crippen LogP) is 2.19. The first-order chi connectivity index (χ1) is 12.6. The molecule has 0 aromatic carbocycles. The molecule has 0 fully saturated rings. The number of hydrogen-bond acceptors (Lipinski definition) is 6. The molecule has 0 aliphatic carbocycles. The van der Waals surface area contributed by atoms with Gasteiger partial charge in [0.05, 0.1) is 36.2 Å². The first-order valence-corrected chi connectivity index (χ1v) is 7.88. The van der Waals surface area contributed by atoms with Crippen molar-refractivity contribution >= 4 is 11.5 Å². The molecule has 26 heavy (non-hydrogen) atoms. The average molecular weight is 351 g/mol. The number of pyridine rings is 1. The van der Waals surface area contributed by atoms with Crippen LogP contribution in [0.5, 0.6) is 0 Å². The predicted molar refractivity (Wildman–Crippen MR) is 93.1 cm³/mol. The van der Waals surface area contributed by atoms with Crippen LogP contribution in [0.1, 0.15) is 18.7 Å².